The second kappa shape index (κ2) is 5.79. The second-order valence-electron chi connectivity index (χ2n) is 4.91. The average molecular weight is 290 g/mol. The van der Waals surface area contributed by atoms with Crippen LogP contribution in [0.4, 0.5) is 4.39 Å². The Hall–Kier alpha value is -1.62. The molecule has 0 saturated carbocycles. The Morgan fingerprint density at radius 3 is 2.55 bits per heavy atom. The lowest BCUT2D eigenvalue weighted by molar-refractivity contribution is -0.113. The first-order chi connectivity index (χ1) is 9.72. The second-order valence-corrected chi connectivity index (χ2v) is 5.92. The molecule has 1 aromatic rings. The maximum Gasteiger partial charge on any atom is 0.286 e. The molecule has 1 saturated heterocycles. The number of piperidine rings is 1. The molecule has 0 bridgehead atoms. The van der Waals surface area contributed by atoms with Crippen molar-refractivity contribution in [2.75, 3.05) is 13.1 Å². The number of aliphatic imine (C=N–C) groups is 1. The summed E-state index contributed by atoms with van der Waals surface area (Å²) in [6.45, 7) is 1.95. The van der Waals surface area contributed by atoms with Gasteiger partial charge >= 0.3 is 0 Å². The lowest BCUT2D eigenvalue weighted by Gasteiger charge is -2.27. The Bertz CT molecular complexity index is 574. The van der Waals surface area contributed by atoms with Crippen LogP contribution in [0.25, 0.3) is 6.08 Å². The van der Waals surface area contributed by atoms with Crippen molar-refractivity contribution in [1.82, 2.24) is 4.90 Å². The molecule has 20 heavy (non-hydrogen) atoms. The van der Waals surface area contributed by atoms with Crippen LogP contribution in [0.5, 0.6) is 0 Å². The number of amides is 1. The van der Waals surface area contributed by atoms with Gasteiger partial charge in [-0.05, 0) is 54.8 Å². The standard InChI is InChI=1S/C15H15FN2OS/c16-12-6-4-11(5-7-12)10-13-14(19)17-15(20-13)18-8-2-1-3-9-18/h4-7,10H,1-3,8-9H2/b13-10-. The van der Waals surface area contributed by atoms with Crippen molar-refractivity contribution in [2.24, 2.45) is 4.99 Å². The van der Waals surface area contributed by atoms with E-state index in [1.54, 1.807) is 18.2 Å². The van der Waals surface area contributed by atoms with Crippen LogP contribution in [0.1, 0.15) is 24.8 Å². The van der Waals surface area contributed by atoms with Gasteiger partial charge < -0.3 is 4.90 Å². The summed E-state index contributed by atoms with van der Waals surface area (Å²) in [6.07, 6.45) is 5.34. The van der Waals surface area contributed by atoms with Gasteiger partial charge in [-0.25, -0.2) is 4.39 Å². The molecule has 0 aromatic heterocycles. The number of carbonyl (C=O) groups excluding carboxylic acids is 1. The fourth-order valence-electron chi connectivity index (χ4n) is 2.33. The van der Waals surface area contributed by atoms with E-state index in [9.17, 15) is 9.18 Å². The molecule has 3 rings (SSSR count). The minimum Gasteiger partial charge on any atom is -0.351 e. The third-order valence-electron chi connectivity index (χ3n) is 3.40. The molecule has 1 fully saturated rings. The van der Waals surface area contributed by atoms with Crippen molar-refractivity contribution in [3.63, 3.8) is 0 Å². The first-order valence-corrected chi connectivity index (χ1v) is 7.57. The summed E-state index contributed by atoms with van der Waals surface area (Å²) in [5.74, 6) is -0.470. The molecule has 0 N–H and O–H groups in total. The fraction of sp³-hybridized carbons (Fsp3) is 0.333. The van der Waals surface area contributed by atoms with E-state index in [-0.39, 0.29) is 11.7 Å². The molecule has 0 atom stereocenters. The van der Waals surface area contributed by atoms with Gasteiger partial charge in [-0.3, -0.25) is 4.79 Å². The Kier molecular flexibility index (Phi) is 3.87. The SMILES string of the molecule is O=C1N=C(N2CCCCC2)S/C1=C\c1ccc(F)cc1. The van der Waals surface area contributed by atoms with Crippen LogP contribution in [0.3, 0.4) is 0 Å². The Balaban J connectivity index is 1.74. The number of benzene rings is 1. The van der Waals surface area contributed by atoms with Crippen molar-refractivity contribution < 1.29 is 9.18 Å². The summed E-state index contributed by atoms with van der Waals surface area (Å²) in [4.78, 5) is 18.8. The highest BCUT2D eigenvalue weighted by Crippen LogP contribution is 2.31. The first kappa shape index (κ1) is 13.4. The first-order valence-electron chi connectivity index (χ1n) is 6.75. The number of hydrogen-bond donors (Lipinski definition) is 0. The minimum absolute atomic E-state index is 0.195. The molecule has 2 aliphatic heterocycles. The number of hydrogen-bond acceptors (Lipinski definition) is 3. The lowest BCUT2D eigenvalue weighted by atomic mass is 10.1. The summed E-state index contributed by atoms with van der Waals surface area (Å²) in [6, 6.07) is 6.11. The molecule has 2 aliphatic rings. The number of likely N-dealkylation sites (tertiary alicyclic amines) is 1. The molecule has 1 amide bonds. The van der Waals surface area contributed by atoms with E-state index in [4.69, 9.17) is 0 Å². The summed E-state index contributed by atoms with van der Waals surface area (Å²) in [5, 5.41) is 0.808. The maximum atomic E-state index is 12.9. The molecule has 0 spiro atoms. The molecule has 2 heterocycles. The number of carbonyl (C=O) groups is 1. The van der Waals surface area contributed by atoms with E-state index < -0.39 is 0 Å². The van der Waals surface area contributed by atoms with Crippen molar-refractivity contribution >= 4 is 28.9 Å². The Morgan fingerprint density at radius 2 is 1.85 bits per heavy atom. The number of amidine groups is 1. The summed E-state index contributed by atoms with van der Waals surface area (Å²) >= 11 is 1.42. The lowest BCUT2D eigenvalue weighted by Crippen LogP contribution is -2.33. The highest BCUT2D eigenvalue weighted by Gasteiger charge is 2.26. The van der Waals surface area contributed by atoms with Gasteiger partial charge in [0.1, 0.15) is 5.82 Å². The van der Waals surface area contributed by atoms with Gasteiger partial charge in [0, 0.05) is 13.1 Å². The third kappa shape index (κ3) is 2.93. The quantitative estimate of drug-likeness (QED) is 0.744. The Morgan fingerprint density at radius 1 is 1.15 bits per heavy atom. The van der Waals surface area contributed by atoms with Crippen molar-refractivity contribution in [2.45, 2.75) is 19.3 Å². The summed E-state index contributed by atoms with van der Waals surface area (Å²) in [5.41, 5.74) is 0.817. The monoisotopic (exact) mass is 290 g/mol. The summed E-state index contributed by atoms with van der Waals surface area (Å²) in [7, 11) is 0. The van der Waals surface area contributed by atoms with Crippen molar-refractivity contribution in [3.8, 4) is 0 Å². The topological polar surface area (TPSA) is 32.7 Å². The van der Waals surface area contributed by atoms with E-state index in [0.29, 0.717) is 4.91 Å². The molecule has 5 heteroatoms. The van der Waals surface area contributed by atoms with Gasteiger partial charge in [0.15, 0.2) is 5.17 Å². The average Bonchev–Trinajstić information content (AvgIpc) is 2.84. The van der Waals surface area contributed by atoms with E-state index in [1.807, 2.05) is 0 Å². The third-order valence-corrected chi connectivity index (χ3v) is 4.45. The highest BCUT2D eigenvalue weighted by atomic mass is 32.2. The van der Waals surface area contributed by atoms with Gasteiger partial charge in [0.2, 0.25) is 0 Å². The van der Waals surface area contributed by atoms with Crippen LogP contribution in [-0.2, 0) is 4.79 Å². The predicted molar refractivity (Wildman–Crippen MR) is 79.8 cm³/mol. The van der Waals surface area contributed by atoms with Crippen molar-refractivity contribution in [1.29, 1.82) is 0 Å². The van der Waals surface area contributed by atoms with E-state index >= 15 is 0 Å². The van der Waals surface area contributed by atoms with Crippen LogP contribution in [-0.4, -0.2) is 29.1 Å². The zero-order valence-corrected chi connectivity index (χ0v) is 11.8. The molecule has 0 radical (unpaired) electrons. The minimum atomic E-state index is -0.275. The molecule has 104 valence electrons. The smallest absolute Gasteiger partial charge is 0.286 e. The van der Waals surface area contributed by atoms with Crippen LogP contribution < -0.4 is 0 Å². The number of rotatable bonds is 1. The number of halogens is 1. The van der Waals surface area contributed by atoms with Gasteiger partial charge in [-0.2, -0.15) is 4.99 Å². The zero-order valence-electron chi connectivity index (χ0n) is 11.0. The molecule has 0 unspecified atom stereocenters. The summed E-state index contributed by atoms with van der Waals surface area (Å²) < 4.78 is 12.9. The fourth-order valence-corrected chi connectivity index (χ4v) is 3.29. The molecule has 1 aromatic carbocycles. The largest absolute Gasteiger partial charge is 0.351 e. The normalized spacial score (nSPS) is 21.4. The van der Waals surface area contributed by atoms with Gasteiger partial charge in [0.05, 0.1) is 4.91 Å². The molecular weight excluding hydrogens is 275 g/mol. The van der Waals surface area contributed by atoms with Crippen LogP contribution >= 0.6 is 11.8 Å². The zero-order chi connectivity index (χ0) is 13.9. The van der Waals surface area contributed by atoms with E-state index in [1.165, 1.54) is 30.3 Å². The predicted octanol–water partition coefficient (Wildman–Crippen LogP) is 3.28. The van der Waals surface area contributed by atoms with Crippen LogP contribution in [0.2, 0.25) is 0 Å². The van der Waals surface area contributed by atoms with Gasteiger partial charge in [0.25, 0.3) is 5.91 Å². The van der Waals surface area contributed by atoms with Gasteiger partial charge in [-0.1, -0.05) is 12.1 Å². The van der Waals surface area contributed by atoms with Crippen LogP contribution in [0, 0.1) is 5.82 Å². The van der Waals surface area contributed by atoms with E-state index in [0.717, 1.165) is 36.7 Å². The maximum absolute atomic E-state index is 12.9. The molecule has 0 aliphatic carbocycles. The van der Waals surface area contributed by atoms with E-state index in [2.05, 4.69) is 9.89 Å². The number of nitrogens with zero attached hydrogens (tertiary/aromatic N) is 2. The highest BCUT2D eigenvalue weighted by molar-refractivity contribution is 8.18. The van der Waals surface area contributed by atoms with Crippen LogP contribution in [0.15, 0.2) is 34.2 Å². The number of thioether (sulfide) groups is 1. The molecular formula is C15H15FN2OS. The van der Waals surface area contributed by atoms with Crippen molar-refractivity contribution in [3.05, 3.63) is 40.6 Å². The molecule has 3 nitrogen and oxygen atoms in total. The Labute approximate surface area is 121 Å². The van der Waals surface area contributed by atoms with Gasteiger partial charge in [-0.15, -0.1) is 0 Å².